The van der Waals surface area contributed by atoms with E-state index in [4.69, 9.17) is 9.15 Å². The molecule has 29 heavy (non-hydrogen) atoms. The van der Waals surface area contributed by atoms with Crippen LogP contribution in [0.5, 0.6) is 0 Å². The van der Waals surface area contributed by atoms with Gasteiger partial charge in [-0.3, -0.25) is 4.79 Å². The summed E-state index contributed by atoms with van der Waals surface area (Å²) < 4.78 is 10.7. The van der Waals surface area contributed by atoms with Crippen LogP contribution in [0.15, 0.2) is 64.2 Å². The van der Waals surface area contributed by atoms with Gasteiger partial charge in [-0.05, 0) is 30.2 Å². The van der Waals surface area contributed by atoms with Gasteiger partial charge in [0.05, 0.1) is 24.3 Å². The summed E-state index contributed by atoms with van der Waals surface area (Å²) in [5, 5.41) is 11.1. The number of rotatable bonds is 9. The molecule has 2 aromatic carbocycles. The van der Waals surface area contributed by atoms with Crippen molar-refractivity contribution in [2.24, 2.45) is 0 Å². The van der Waals surface area contributed by atoms with Crippen LogP contribution in [-0.2, 0) is 16.0 Å². The molecular formula is C21H21N3O4S. The molecule has 0 unspecified atom stereocenters. The average molecular weight is 411 g/mol. The van der Waals surface area contributed by atoms with E-state index in [2.05, 4.69) is 15.5 Å². The lowest BCUT2D eigenvalue weighted by Gasteiger charge is -2.07. The van der Waals surface area contributed by atoms with Crippen LogP contribution in [0.2, 0.25) is 0 Å². The summed E-state index contributed by atoms with van der Waals surface area (Å²) in [6.45, 7) is 2.29. The first-order valence-electron chi connectivity index (χ1n) is 9.20. The van der Waals surface area contributed by atoms with E-state index in [-0.39, 0.29) is 11.7 Å². The van der Waals surface area contributed by atoms with Crippen molar-refractivity contribution in [2.45, 2.75) is 25.0 Å². The smallest absolute Gasteiger partial charge is 0.338 e. The topological polar surface area (TPSA) is 94.3 Å². The maximum atomic E-state index is 12.2. The molecule has 1 N–H and O–H groups in total. The van der Waals surface area contributed by atoms with E-state index in [1.165, 1.54) is 0 Å². The predicted molar refractivity (Wildman–Crippen MR) is 110 cm³/mol. The number of hydrogen-bond acceptors (Lipinski definition) is 7. The Kier molecular flexibility index (Phi) is 7.40. The van der Waals surface area contributed by atoms with Gasteiger partial charge >= 0.3 is 5.97 Å². The fraction of sp³-hybridized carbons (Fsp3) is 0.238. The second kappa shape index (κ2) is 10.4. The number of thioether (sulfide) groups is 1. The van der Waals surface area contributed by atoms with Crippen LogP contribution in [0, 0.1) is 0 Å². The van der Waals surface area contributed by atoms with Gasteiger partial charge in [0.2, 0.25) is 11.8 Å². The highest BCUT2D eigenvalue weighted by atomic mass is 32.2. The number of benzene rings is 2. The van der Waals surface area contributed by atoms with Crippen LogP contribution >= 0.6 is 11.8 Å². The van der Waals surface area contributed by atoms with Crippen molar-refractivity contribution in [1.82, 2.24) is 10.2 Å². The molecule has 0 saturated heterocycles. The van der Waals surface area contributed by atoms with Crippen molar-refractivity contribution >= 4 is 29.3 Å². The van der Waals surface area contributed by atoms with E-state index in [0.717, 1.165) is 23.7 Å². The molecule has 0 aliphatic rings. The number of esters is 1. The van der Waals surface area contributed by atoms with Crippen LogP contribution in [-0.4, -0.2) is 34.4 Å². The Morgan fingerprint density at radius 3 is 2.72 bits per heavy atom. The van der Waals surface area contributed by atoms with Crippen molar-refractivity contribution in [3.05, 3.63) is 71.6 Å². The zero-order chi connectivity index (χ0) is 20.5. The van der Waals surface area contributed by atoms with Crippen LogP contribution in [0.1, 0.15) is 35.2 Å². The second-order valence-corrected chi connectivity index (χ2v) is 7.10. The van der Waals surface area contributed by atoms with E-state index >= 15 is 0 Å². The molecule has 3 aromatic rings. The molecule has 0 saturated carbocycles. The van der Waals surface area contributed by atoms with Crippen molar-refractivity contribution in [3.8, 4) is 0 Å². The van der Waals surface area contributed by atoms with E-state index in [1.807, 2.05) is 37.3 Å². The average Bonchev–Trinajstić information content (AvgIpc) is 3.18. The molecule has 0 bridgehead atoms. The van der Waals surface area contributed by atoms with Crippen LogP contribution in [0.3, 0.4) is 0 Å². The van der Waals surface area contributed by atoms with E-state index < -0.39 is 5.97 Å². The molecule has 1 heterocycles. The van der Waals surface area contributed by atoms with Gasteiger partial charge in [-0.25, -0.2) is 4.79 Å². The molecule has 0 spiro atoms. The zero-order valence-corrected chi connectivity index (χ0v) is 16.8. The Labute approximate surface area is 172 Å². The molecule has 0 aliphatic carbocycles. The lowest BCUT2D eigenvalue weighted by atomic mass is 10.2. The number of carbonyl (C=O) groups is 2. The van der Waals surface area contributed by atoms with Gasteiger partial charge < -0.3 is 14.5 Å². The largest absolute Gasteiger partial charge is 0.462 e. The number of anilines is 1. The molecule has 150 valence electrons. The minimum absolute atomic E-state index is 0.109. The molecule has 0 atom stereocenters. The summed E-state index contributed by atoms with van der Waals surface area (Å²) in [6, 6.07) is 16.5. The minimum atomic E-state index is -0.408. The Morgan fingerprint density at radius 1 is 1.10 bits per heavy atom. The molecule has 3 rings (SSSR count). The number of hydrogen-bond donors (Lipinski definition) is 1. The minimum Gasteiger partial charge on any atom is -0.462 e. The maximum absolute atomic E-state index is 12.2. The van der Waals surface area contributed by atoms with Gasteiger partial charge in [0.15, 0.2) is 0 Å². The normalized spacial score (nSPS) is 10.5. The quantitative estimate of drug-likeness (QED) is 0.421. The Bertz CT molecular complexity index is 959. The highest BCUT2D eigenvalue weighted by Gasteiger charge is 2.12. The maximum Gasteiger partial charge on any atom is 0.338 e. The molecule has 0 fully saturated rings. The summed E-state index contributed by atoms with van der Waals surface area (Å²) in [7, 11) is 0. The fourth-order valence-electron chi connectivity index (χ4n) is 2.46. The van der Waals surface area contributed by atoms with Crippen LogP contribution in [0.25, 0.3) is 0 Å². The van der Waals surface area contributed by atoms with E-state index in [1.54, 1.807) is 24.3 Å². The number of nitrogens with one attached hydrogen (secondary N) is 1. The van der Waals surface area contributed by atoms with Crippen molar-refractivity contribution < 1.29 is 18.7 Å². The summed E-state index contributed by atoms with van der Waals surface area (Å²) in [6.07, 6.45) is 1.30. The molecule has 0 aliphatic heterocycles. The van der Waals surface area contributed by atoms with Crippen LogP contribution in [0.4, 0.5) is 5.69 Å². The van der Waals surface area contributed by atoms with Gasteiger partial charge in [-0.1, -0.05) is 55.1 Å². The molecule has 1 amide bonds. The van der Waals surface area contributed by atoms with Crippen molar-refractivity contribution in [3.63, 3.8) is 0 Å². The van der Waals surface area contributed by atoms with Crippen LogP contribution < -0.4 is 5.32 Å². The predicted octanol–water partition coefficient (Wildman–Crippen LogP) is 3.96. The van der Waals surface area contributed by atoms with Gasteiger partial charge in [0.25, 0.3) is 5.22 Å². The third kappa shape index (κ3) is 6.46. The highest BCUT2D eigenvalue weighted by Crippen LogP contribution is 2.19. The molecule has 7 nitrogen and oxygen atoms in total. The summed E-state index contributed by atoms with van der Waals surface area (Å²) in [4.78, 5) is 24.1. The first kappa shape index (κ1) is 20.6. The first-order chi connectivity index (χ1) is 14.1. The van der Waals surface area contributed by atoms with Crippen molar-refractivity contribution in [2.75, 3.05) is 17.7 Å². The first-order valence-corrected chi connectivity index (χ1v) is 10.2. The van der Waals surface area contributed by atoms with Crippen molar-refractivity contribution in [1.29, 1.82) is 0 Å². The monoisotopic (exact) mass is 411 g/mol. The van der Waals surface area contributed by atoms with E-state index in [0.29, 0.717) is 35.4 Å². The number of ether oxygens (including phenoxy) is 1. The summed E-state index contributed by atoms with van der Waals surface area (Å²) in [5.74, 6) is -0.0410. The molecule has 1 aromatic heterocycles. The third-order valence-electron chi connectivity index (χ3n) is 3.79. The Balaban J connectivity index is 1.49. The molecule has 0 radical (unpaired) electrons. The number of carbonyl (C=O) groups excluding carboxylic acids is 2. The highest BCUT2D eigenvalue weighted by molar-refractivity contribution is 7.99. The van der Waals surface area contributed by atoms with E-state index in [9.17, 15) is 9.59 Å². The summed E-state index contributed by atoms with van der Waals surface area (Å²) in [5.41, 5.74) is 1.99. The fourth-order valence-corrected chi connectivity index (χ4v) is 3.05. The van der Waals surface area contributed by atoms with Gasteiger partial charge in [-0.15, -0.1) is 10.2 Å². The number of amides is 1. The molecule has 8 heteroatoms. The Morgan fingerprint density at radius 2 is 1.93 bits per heavy atom. The van der Waals surface area contributed by atoms with Gasteiger partial charge in [-0.2, -0.15) is 0 Å². The standard InChI is InChI=1S/C21H21N3O4S/c1-2-11-27-20(26)16-9-6-10-17(13-16)22-18(25)14-29-21-24-23-19(28-21)12-15-7-4-3-5-8-15/h3-10,13H,2,11-12,14H2,1H3,(H,22,25). The lowest BCUT2D eigenvalue weighted by Crippen LogP contribution is -2.14. The Hall–Kier alpha value is -3.13. The SMILES string of the molecule is CCCOC(=O)c1cccc(NC(=O)CSc2nnc(Cc3ccccc3)o2)c1. The lowest BCUT2D eigenvalue weighted by molar-refractivity contribution is -0.113. The zero-order valence-electron chi connectivity index (χ0n) is 16.0. The molecular weight excluding hydrogens is 390 g/mol. The second-order valence-electron chi connectivity index (χ2n) is 6.18. The summed E-state index contributed by atoms with van der Waals surface area (Å²) >= 11 is 1.16. The van der Waals surface area contributed by atoms with Gasteiger partial charge in [0, 0.05) is 5.69 Å². The van der Waals surface area contributed by atoms with Gasteiger partial charge in [0.1, 0.15) is 0 Å². The number of nitrogens with zero attached hydrogens (tertiary/aromatic N) is 2. The third-order valence-corrected chi connectivity index (χ3v) is 4.61. The number of aromatic nitrogens is 2.